The zero-order chi connectivity index (χ0) is 24.9. The van der Waals surface area contributed by atoms with E-state index in [2.05, 4.69) is 22.4 Å². The molecule has 3 aromatic rings. The number of carbonyl (C=O) groups is 3. The fraction of sp³-hybridized carbons (Fsp3) is 0.308. The van der Waals surface area contributed by atoms with Crippen LogP contribution < -0.4 is 5.32 Å². The van der Waals surface area contributed by atoms with Crippen LogP contribution in [0.15, 0.2) is 54.0 Å². The smallest absolute Gasteiger partial charge is 0.407 e. The predicted molar refractivity (Wildman–Crippen MR) is 132 cm³/mol. The summed E-state index contributed by atoms with van der Waals surface area (Å²) in [6, 6.07) is 15.0. The number of benzene rings is 2. The van der Waals surface area contributed by atoms with Crippen molar-refractivity contribution in [2.75, 3.05) is 13.7 Å². The molecule has 1 heterocycles. The molecule has 0 saturated carbocycles. The molecule has 2 N–H and O–H groups in total. The highest BCUT2D eigenvalue weighted by molar-refractivity contribution is 7.09. The largest absolute Gasteiger partial charge is 0.481 e. The van der Waals surface area contributed by atoms with E-state index in [1.165, 1.54) is 16.2 Å². The highest BCUT2D eigenvalue weighted by atomic mass is 32.1. The van der Waals surface area contributed by atoms with Crippen LogP contribution in [0.1, 0.15) is 40.5 Å². The number of carboxylic acid groups (broad SMARTS) is 1. The molecule has 1 aliphatic carbocycles. The van der Waals surface area contributed by atoms with Crippen molar-refractivity contribution in [3.05, 3.63) is 75.7 Å². The van der Waals surface area contributed by atoms with Gasteiger partial charge in [-0.2, -0.15) is 0 Å². The Morgan fingerprint density at radius 1 is 1.11 bits per heavy atom. The molecule has 1 atom stereocenters. The van der Waals surface area contributed by atoms with E-state index >= 15 is 0 Å². The molecule has 2 amide bonds. The van der Waals surface area contributed by atoms with Crippen LogP contribution in [0.4, 0.5) is 4.79 Å². The van der Waals surface area contributed by atoms with Gasteiger partial charge in [-0.25, -0.2) is 9.78 Å². The molecule has 0 saturated heterocycles. The van der Waals surface area contributed by atoms with Crippen molar-refractivity contribution >= 4 is 29.3 Å². The molecule has 35 heavy (non-hydrogen) atoms. The minimum absolute atomic E-state index is 0.0373. The lowest BCUT2D eigenvalue weighted by atomic mass is 9.98. The number of fused-ring (bicyclic) bond motifs is 3. The molecule has 0 fully saturated rings. The van der Waals surface area contributed by atoms with E-state index in [0.29, 0.717) is 6.54 Å². The van der Waals surface area contributed by atoms with E-state index in [1.54, 1.807) is 12.6 Å². The van der Waals surface area contributed by atoms with Crippen molar-refractivity contribution in [1.82, 2.24) is 15.2 Å². The van der Waals surface area contributed by atoms with Crippen molar-refractivity contribution in [2.24, 2.45) is 0 Å². The molecular formula is C26H27N3O5S. The van der Waals surface area contributed by atoms with Gasteiger partial charge in [0.1, 0.15) is 12.6 Å². The summed E-state index contributed by atoms with van der Waals surface area (Å²) in [6.45, 7) is 2.29. The van der Waals surface area contributed by atoms with Crippen LogP contribution >= 0.6 is 11.3 Å². The zero-order valence-corrected chi connectivity index (χ0v) is 20.4. The Morgan fingerprint density at radius 3 is 2.31 bits per heavy atom. The molecule has 1 unspecified atom stereocenters. The van der Waals surface area contributed by atoms with Crippen molar-refractivity contribution < 1.29 is 24.2 Å². The quantitative estimate of drug-likeness (QED) is 0.463. The van der Waals surface area contributed by atoms with Crippen LogP contribution in [-0.2, 0) is 20.9 Å². The van der Waals surface area contributed by atoms with E-state index in [9.17, 15) is 14.4 Å². The second kappa shape index (κ2) is 10.7. The van der Waals surface area contributed by atoms with Crippen molar-refractivity contribution in [2.45, 2.75) is 38.3 Å². The molecule has 4 rings (SSSR count). The SMILES string of the molecule is Cc1ncsc1CN(C)C(=O)C(CCC(=O)O)NC(=O)OCC1c2ccccc2-c2ccccc21. The number of nitrogens with zero attached hydrogens (tertiary/aromatic N) is 2. The number of likely N-dealkylation sites (N-methyl/N-ethyl adjacent to an activating group) is 1. The topological polar surface area (TPSA) is 109 Å². The first kappa shape index (κ1) is 24.4. The average Bonchev–Trinajstić information content (AvgIpc) is 3.40. The van der Waals surface area contributed by atoms with Gasteiger partial charge in [-0.15, -0.1) is 11.3 Å². The summed E-state index contributed by atoms with van der Waals surface area (Å²) in [7, 11) is 1.62. The number of ether oxygens (including phenoxy) is 1. The van der Waals surface area contributed by atoms with Crippen molar-refractivity contribution in [1.29, 1.82) is 0 Å². The maximum atomic E-state index is 13.1. The summed E-state index contributed by atoms with van der Waals surface area (Å²) in [5.74, 6) is -1.54. The molecule has 0 radical (unpaired) electrons. The Kier molecular flexibility index (Phi) is 7.45. The molecule has 2 aromatic carbocycles. The number of carbonyl (C=O) groups excluding carboxylic acids is 2. The first-order chi connectivity index (χ1) is 16.8. The molecule has 0 aliphatic heterocycles. The summed E-state index contributed by atoms with van der Waals surface area (Å²) < 4.78 is 5.56. The zero-order valence-electron chi connectivity index (χ0n) is 19.6. The summed E-state index contributed by atoms with van der Waals surface area (Å²) in [6.07, 6.45) is -1.05. The lowest BCUT2D eigenvalue weighted by Crippen LogP contribution is -2.47. The van der Waals surface area contributed by atoms with Gasteiger partial charge in [-0.05, 0) is 35.6 Å². The fourth-order valence-electron chi connectivity index (χ4n) is 4.34. The normalized spacial score (nSPS) is 13.0. The number of hydrogen-bond donors (Lipinski definition) is 2. The number of aliphatic carboxylic acids is 1. The van der Waals surface area contributed by atoms with Gasteiger partial charge in [0.05, 0.1) is 17.7 Å². The van der Waals surface area contributed by atoms with Gasteiger partial charge in [0.15, 0.2) is 0 Å². The third kappa shape index (κ3) is 5.51. The third-order valence-corrected chi connectivity index (χ3v) is 7.10. The number of aromatic nitrogens is 1. The lowest BCUT2D eigenvalue weighted by Gasteiger charge is -2.24. The van der Waals surface area contributed by atoms with Gasteiger partial charge in [-0.1, -0.05) is 48.5 Å². The number of carboxylic acids is 1. The average molecular weight is 494 g/mol. The minimum Gasteiger partial charge on any atom is -0.481 e. The lowest BCUT2D eigenvalue weighted by molar-refractivity contribution is -0.137. The van der Waals surface area contributed by atoms with Gasteiger partial charge in [0.2, 0.25) is 5.91 Å². The van der Waals surface area contributed by atoms with Crippen molar-refractivity contribution in [3.63, 3.8) is 0 Å². The van der Waals surface area contributed by atoms with E-state index in [1.807, 2.05) is 43.3 Å². The Labute approximate surface area is 207 Å². The molecule has 1 aromatic heterocycles. The molecule has 0 bridgehead atoms. The maximum absolute atomic E-state index is 13.1. The van der Waals surface area contributed by atoms with E-state index in [4.69, 9.17) is 9.84 Å². The third-order valence-electron chi connectivity index (χ3n) is 6.18. The van der Waals surface area contributed by atoms with Crippen LogP contribution in [0, 0.1) is 6.92 Å². The summed E-state index contributed by atoms with van der Waals surface area (Å²) in [5.41, 5.74) is 6.94. The summed E-state index contributed by atoms with van der Waals surface area (Å²) in [5, 5.41) is 11.7. The number of hydrogen-bond acceptors (Lipinski definition) is 6. The number of thiazole rings is 1. The van der Waals surface area contributed by atoms with Crippen LogP contribution in [0.3, 0.4) is 0 Å². The van der Waals surface area contributed by atoms with Crippen LogP contribution in [-0.4, -0.2) is 52.7 Å². The van der Waals surface area contributed by atoms with Gasteiger partial charge < -0.3 is 20.1 Å². The molecular weight excluding hydrogens is 466 g/mol. The Balaban J connectivity index is 1.42. The number of amides is 2. The highest BCUT2D eigenvalue weighted by Gasteiger charge is 2.30. The molecule has 8 nitrogen and oxygen atoms in total. The maximum Gasteiger partial charge on any atom is 0.407 e. The summed E-state index contributed by atoms with van der Waals surface area (Å²) in [4.78, 5) is 43.5. The van der Waals surface area contributed by atoms with Gasteiger partial charge >= 0.3 is 12.1 Å². The number of aryl methyl sites for hydroxylation is 1. The monoisotopic (exact) mass is 493 g/mol. The number of rotatable bonds is 9. The van der Waals surface area contributed by atoms with Crippen LogP contribution in [0.2, 0.25) is 0 Å². The first-order valence-electron chi connectivity index (χ1n) is 11.3. The Bertz CT molecular complexity index is 1200. The highest BCUT2D eigenvalue weighted by Crippen LogP contribution is 2.44. The van der Waals surface area contributed by atoms with E-state index in [-0.39, 0.29) is 31.3 Å². The number of nitrogens with one attached hydrogen (secondary N) is 1. The Hall–Kier alpha value is -3.72. The van der Waals surface area contributed by atoms with Crippen LogP contribution in [0.5, 0.6) is 0 Å². The van der Waals surface area contributed by atoms with Gasteiger partial charge in [0, 0.05) is 24.3 Å². The van der Waals surface area contributed by atoms with Crippen LogP contribution in [0.25, 0.3) is 11.1 Å². The summed E-state index contributed by atoms with van der Waals surface area (Å²) >= 11 is 1.44. The fourth-order valence-corrected chi connectivity index (χ4v) is 5.17. The Morgan fingerprint density at radius 2 is 1.74 bits per heavy atom. The van der Waals surface area contributed by atoms with E-state index < -0.39 is 18.1 Å². The van der Waals surface area contributed by atoms with Crippen molar-refractivity contribution in [3.8, 4) is 11.1 Å². The second-order valence-electron chi connectivity index (χ2n) is 8.51. The molecule has 9 heteroatoms. The molecule has 1 aliphatic rings. The van der Waals surface area contributed by atoms with E-state index in [0.717, 1.165) is 32.8 Å². The number of alkyl carbamates (subject to hydrolysis) is 1. The standard InChI is InChI=1S/C26H27N3O5S/c1-16-23(35-15-27-16)13-29(2)25(32)22(11-12-24(30)31)28-26(33)34-14-21-19-9-5-3-7-17(19)18-8-4-6-10-20(18)21/h3-10,15,21-22H,11-14H2,1-2H3,(H,28,33)(H,30,31). The predicted octanol–water partition coefficient (Wildman–Crippen LogP) is 4.18. The molecule has 182 valence electrons. The first-order valence-corrected chi connectivity index (χ1v) is 12.2. The van der Waals surface area contributed by atoms with Gasteiger partial charge in [0.25, 0.3) is 0 Å². The van der Waals surface area contributed by atoms with Gasteiger partial charge in [-0.3, -0.25) is 9.59 Å². The second-order valence-corrected chi connectivity index (χ2v) is 9.45. The minimum atomic E-state index is -1.04. The molecule has 0 spiro atoms.